The predicted molar refractivity (Wildman–Crippen MR) is 89.6 cm³/mol. The van der Waals surface area contributed by atoms with Gasteiger partial charge in [0, 0.05) is 18.7 Å². The molecular weight excluding hydrogens is 290 g/mol. The maximum absolute atomic E-state index is 10.9. The standard InChI is InChI=1S/C19H23NO3/c1-2-23-16-7-8-18(21)15(11-16)12-20-13-19(22)10-9-14-5-3-4-6-17(14)19/h3-8,11,20-22H,2,9-10,12-13H2,1H3. The molecule has 0 spiro atoms. The van der Waals surface area contributed by atoms with Gasteiger partial charge in [0.05, 0.1) is 6.61 Å². The second-order valence-electron chi connectivity index (χ2n) is 6.02. The van der Waals surface area contributed by atoms with E-state index in [1.807, 2.05) is 31.2 Å². The van der Waals surface area contributed by atoms with E-state index in [1.54, 1.807) is 12.1 Å². The van der Waals surface area contributed by atoms with Gasteiger partial charge in [-0.05, 0) is 49.1 Å². The maximum Gasteiger partial charge on any atom is 0.120 e. The third kappa shape index (κ3) is 3.33. The molecule has 2 aromatic carbocycles. The molecule has 0 aliphatic heterocycles. The Bertz CT molecular complexity index is 686. The van der Waals surface area contributed by atoms with Crippen molar-refractivity contribution in [1.82, 2.24) is 5.32 Å². The Morgan fingerprint density at radius 2 is 2.04 bits per heavy atom. The zero-order valence-corrected chi connectivity index (χ0v) is 13.4. The molecule has 1 atom stereocenters. The first kappa shape index (κ1) is 15.8. The van der Waals surface area contributed by atoms with Gasteiger partial charge in [-0.1, -0.05) is 24.3 Å². The second kappa shape index (κ2) is 6.60. The average Bonchev–Trinajstić information content (AvgIpc) is 2.89. The number of phenols is 1. The van der Waals surface area contributed by atoms with E-state index in [4.69, 9.17) is 4.74 Å². The van der Waals surface area contributed by atoms with E-state index in [0.717, 1.165) is 29.7 Å². The molecule has 0 heterocycles. The average molecular weight is 313 g/mol. The quantitative estimate of drug-likeness (QED) is 0.767. The van der Waals surface area contributed by atoms with Crippen LogP contribution in [0.2, 0.25) is 0 Å². The van der Waals surface area contributed by atoms with Crippen LogP contribution in [0.4, 0.5) is 0 Å². The maximum atomic E-state index is 10.9. The molecule has 0 saturated heterocycles. The smallest absolute Gasteiger partial charge is 0.120 e. The third-order valence-electron chi connectivity index (χ3n) is 4.42. The number of fused-ring (bicyclic) bond motifs is 1. The Hall–Kier alpha value is -2.04. The molecule has 2 aromatic rings. The van der Waals surface area contributed by atoms with Gasteiger partial charge in [-0.25, -0.2) is 0 Å². The first-order valence-electron chi connectivity index (χ1n) is 8.08. The number of ether oxygens (including phenoxy) is 1. The summed E-state index contributed by atoms with van der Waals surface area (Å²) in [5, 5.41) is 24.1. The van der Waals surface area contributed by atoms with Gasteiger partial charge >= 0.3 is 0 Å². The van der Waals surface area contributed by atoms with Gasteiger partial charge < -0.3 is 20.3 Å². The summed E-state index contributed by atoms with van der Waals surface area (Å²) >= 11 is 0. The molecule has 3 rings (SSSR count). The van der Waals surface area contributed by atoms with E-state index in [-0.39, 0.29) is 5.75 Å². The molecule has 1 aliphatic rings. The lowest BCUT2D eigenvalue weighted by atomic mass is 9.96. The van der Waals surface area contributed by atoms with Crippen molar-refractivity contribution in [3.8, 4) is 11.5 Å². The summed E-state index contributed by atoms with van der Waals surface area (Å²) in [7, 11) is 0. The number of hydrogen-bond donors (Lipinski definition) is 3. The van der Waals surface area contributed by atoms with Gasteiger partial charge in [-0.3, -0.25) is 0 Å². The van der Waals surface area contributed by atoms with Crippen molar-refractivity contribution in [1.29, 1.82) is 0 Å². The fourth-order valence-corrected chi connectivity index (χ4v) is 3.22. The number of aryl methyl sites for hydroxylation is 1. The Morgan fingerprint density at radius 3 is 2.87 bits per heavy atom. The molecule has 4 heteroatoms. The minimum atomic E-state index is -0.830. The van der Waals surface area contributed by atoms with E-state index in [1.165, 1.54) is 5.56 Å². The van der Waals surface area contributed by atoms with Gasteiger partial charge in [0.25, 0.3) is 0 Å². The third-order valence-corrected chi connectivity index (χ3v) is 4.42. The molecule has 0 aromatic heterocycles. The number of hydrogen-bond acceptors (Lipinski definition) is 4. The number of aliphatic hydroxyl groups is 1. The van der Waals surface area contributed by atoms with E-state index >= 15 is 0 Å². The van der Waals surface area contributed by atoms with Gasteiger partial charge in [-0.15, -0.1) is 0 Å². The summed E-state index contributed by atoms with van der Waals surface area (Å²) < 4.78 is 5.46. The zero-order chi connectivity index (χ0) is 16.3. The zero-order valence-electron chi connectivity index (χ0n) is 13.4. The highest BCUT2D eigenvalue weighted by Gasteiger charge is 2.35. The van der Waals surface area contributed by atoms with Gasteiger partial charge in [0.2, 0.25) is 0 Å². The highest BCUT2D eigenvalue weighted by molar-refractivity contribution is 5.40. The van der Waals surface area contributed by atoms with Crippen LogP contribution in [0.25, 0.3) is 0 Å². The largest absolute Gasteiger partial charge is 0.508 e. The SMILES string of the molecule is CCOc1ccc(O)c(CNCC2(O)CCc3ccccc32)c1. The van der Waals surface area contributed by atoms with Gasteiger partial charge in [-0.2, -0.15) is 0 Å². The summed E-state index contributed by atoms with van der Waals surface area (Å²) in [5.74, 6) is 0.979. The summed E-state index contributed by atoms with van der Waals surface area (Å²) in [6.45, 7) is 3.46. The monoisotopic (exact) mass is 313 g/mol. The minimum absolute atomic E-state index is 0.236. The molecule has 4 nitrogen and oxygen atoms in total. The van der Waals surface area contributed by atoms with Gasteiger partial charge in [0.15, 0.2) is 0 Å². The Kier molecular flexibility index (Phi) is 4.55. The molecule has 0 fully saturated rings. The van der Waals surface area contributed by atoms with E-state index in [0.29, 0.717) is 19.7 Å². The van der Waals surface area contributed by atoms with E-state index in [2.05, 4.69) is 11.4 Å². The van der Waals surface area contributed by atoms with Gasteiger partial charge in [0.1, 0.15) is 17.1 Å². The molecule has 0 saturated carbocycles. The molecular formula is C19H23NO3. The van der Waals surface area contributed by atoms with Crippen molar-refractivity contribution < 1.29 is 14.9 Å². The molecule has 1 unspecified atom stereocenters. The minimum Gasteiger partial charge on any atom is -0.508 e. The lowest BCUT2D eigenvalue weighted by molar-refractivity contribution is 0.0384. The van der Waals surface area contributed by atoms with E-state index < -0.39 is 5.60 Å². The van der Waals surface area contributed by atoms with Crippen LogP contribution in [-0.4, -0.2) is 23.4 Å². The van der Waals surface area contributed by atoms with Crippen LogP contribution in [-0.2, 0) is 18.6 Å². The molecule has 0 amide bonds. The molecule has 1 aliphatic carbocycles. The van der Waals surface area contributed by atoms with Crippen molar-refractivity contribution in [3.05, 3.63) is 59.2 Å². The van der Waals surface area contributed by atoms with Crippen LogP contribution in [0.1, 0.15) is 30.0 Å². The summed E-state index contributed by atoms with van der Waals surface area (Å²) in [6, 6.07) is 13.3. The van der Waals surface area contributed by atoms with Crippen LogP contribution in [0.5, 0.6) is 11.5 Å². The van der Waals surface area contributed by atoms with Crippen LogP contribution < -0.4 is 10.1 Å². The second-order valence-corrected chi connectivity index (χ2v) is 6.02. The van der Waals surface area contributed by atoms with Crippen molar-refractivity contribution in [2.75, 3.05) is 13.2 Å². The summed E-state index contributed by atoms with van der Waals surface area (Å²) in [4.78, 5) is 0. The lowest BCUT2D eigenvalue weighted by Gasteiger charge is -2.24. The normalized spacial score (nSPS) is 19.6. The number of phenolic OH excluding ortho intramolecular Hbond substituents is 1. The first-order chi connectivity index (χ1) is 11.1. The Balaban J connectivity index is 1.65. The number of rotatable bonds is 6. The van der Waals surface area contributed by atoms with Crippen molar-refractivity contribution in [3.63, 3.8) is 0 Å². The lowest BCUT2D eigenvalue weighted by Crippen LogP contribution is -2.36. The van der Waals surface area contributed by atoms with E-state index in [9.17, 15) is 10.2 Å². The molecule has 0 radical (unpaired) electrons. The highest BCUT2D eigenvalue weighted by Crippen LogP contribution is 2.36. The predicted octanol–water partition coefficient (Wildman–Crippen LogP) is 2.71. The van der Waals surface area contributed by atoms with Crippen LogP contribution in [0, 0.1) is 0 Å². The van der Waals surface area contributed by atoms with Crippen molar-refractivity contribution in [2.24, 2.45) is 0 Å². The summed E-state index contributed by atoms with van der Waals surface area (Å²) in [6.07, 6.45) is 1.63. The Labute approximate surface area is 136 Å². The van der Waals surface area contributed by atoms with Crippen LogP contribution >= 0.6 is 0 Å². The fraction of sp³-hybridized carbons (Fsp3) is 0.368. The van der Waals surface area contributed by atoms with Crippen LogP contribution in [0.15, 0.2) is 42.5 Å². The van der Waals surface area contributed by atoms with Crippen molar-refractivity contribution in [2.45, 2.75) is 31.9 Å². The topological polar surface area (TPSA) is 61.7 Å². The molecule has 122 valence electrons. The molecule has 0 bridgehead atoms. The molecule has 3 N–H and O–H groups in total. The Morgan fingerprint density at radius 1 is 1.22 bits per heavy atom. The number of aromatic hydroxyl groups is 1. The van der Waals surface area contributed by atoms with Crippen LogP contribution in [0.3, 0.4) is 0 Å². The molecule has 23 heavy (non-hydrogen) atoms. The number of benzene rings is 2. The highest BCUT2D eigenvalue weighted by atomic mass is 16.5. The van der Waals surface area contributed by atoms with Crippen molar-refractivity contribution >= 4 is 0 Å². The number of nitrogens with one attached hydrogen (secondary N) is 1. The fourth-order valence-electron chi connectivity index (χ4n) is 3.22. The summed E-state index contributed by atoms with van der Waals surface area (Å²) in [5.41, 5.74) is 2.17. The first-order valence-corrected chi connectivity index (χ1v) is 8.08.